The van der Waals surface area contributed by atoms with E-state index in [0.717, 1.165) is 33.4 Å². The highest BCUT2D eigenvalue weighted by Gasteiger charge is 2.49. The molecule has 2 aliphatic heterocycles. The number of rotatable bonds is 20. The molecule has 378 valence electrons. The van der Waals surface area contributed by atoms with Gasteiger partial charge >= 0.3 is 0 Å². The van der Waals surface area contributed by atoms with Gasteiger partial charge in [0.2, 0.25) is 0 Å². The van der Waals surface area contributed by atoms with Crippen LogP contribution in [0.2, 0.25) is 0 Å². The van der Waals surface area contributed by atoms with Crippen LogP contribution in [0.5, 0.6) is 0 Å². The number of aliphatic hydroxyl groups excluding tert-OH is 2. The van der Waals surface area contributed by atoms with Crippen LogP contribution in [0, 0.1) is 23.7 Å². The van der Waals surface area contributed by atoms with E-state index in [0.29, 0.717) is 11.1 Å². The van der Waals surface area contributed by atoms with Crippen LogP contribution in [0.25, 0.3) is 0 Å². The summed E-state index contributed by atoms with van der Waals surface area (Å²) >= 11 is 0. The van der Waals surface area contributed by atoms with Gasteiger partial charge in [-0.3, -0.25) is 0 Å². The Morgan fingerprint density at radius 3 is 0.784 bits per heavy atom. The van der Waals surface area contributed by atoms with Gasteiger partial charge in [-0.1, -0.05) is 218 Å². The highest BCUT2D eigenvalue weighted by Crippen LogP contribution is 2.33. The van der Waals surface area contributed by atoms with Crippen molar-refractivity contribution in [3.8, 4) is 23.7 Å². The van der Waals surface area contributed by atoms with Crippen molar-refractivity contribution in [2.75, 3.05) is 13.2 Å². The Labute approximate surface area is 434 Å². The first-order chi connectivity index (χ1) is 36.6. The number of benzene rings is 7. The van der Waals surface area contributed by atoms with E-state index in [1.54, 1.807) is 0 Å². The zero-order valence-corrected chi connectivity index (χ0v) is 41.2. The third kappa shape index (κ3) is 14.5. The number of hydrogen-bond donors (Lipinski definition) is 2. The lowest BCUT2D eigenvalue weighted by molar-refractivity contribution is -0.258. The molecule has 0 aliphatic carbocycles. The molecule has 0 aromatic heterocycles. The minimum Gasteiger partial charge on any atom is -0.394 e. The number of aliphatic hydroxyl groups is 2. The maximum Gasteiger partial charge on any atom is 0.147 e. The van der Waals surface area contributed by atoms with Gasteiger partial charge < -0.3 is 48.1 Å². The second kappa shape index (κ2) is 27.5. The van der Waals surface area contributed by atoms with Crippen molar-refractivity contribution in [2.45, 2.75) is 101 Å². The molecule has 0 bridgehead atoms. The Hall–Kier alpha value is -6.74. The van der Waals surface area contributed by atoms with Crippen LogP contribution < -0.4 is 0 Å². The van der Waals surface area contributed by atoms with Gasteiger partial charge in [0, 0.05) is 11.1 Å². The molecule has 10 nitrogen and oxygen atoms in total. The SMILES string of the molecule is OC[C@H]1O[C@@H](C#Cc2ccccc2C#C[C@@H]2O[C@H](CO)[C@@H](OCc3ccccc3)[C@H](OCc3ccccc3)[C@H]2OCc2ccccc2)[C@H](OCc2ccccc2)[C@@H](OCc2ccccc2)[C@@H]1OCc1ccccc1. The minimum atomic E-state index is -0.854. The van der Waals surface area contributed by atoms with Crippen molar-refractivity contribution in [3.63, 3.8) is 0 Å². The Balaban J connectivity index is 1.04. The van der Waals surface area contributed by atoms with E-state index in [9.17, 15) is 10.2 Å². The predicted octanol–water partition coefficient (Wildman–Crippen LogP) is 9.42. The number of ether oxygens (including phenoxy) is 8. The summed E-state index contributed by atoms with van der Waals surface area (Å²) in [6, 6.07) is 67.1. The van der Waals surface area contributed by atoms with Crippen molar-refractivity contribution >= 4 is 0 Å². The predicted molar refractivity (Wildman–Crippen MR) is 282 cm³/mol. The van der Waals surface area contributed by atoms with Crippen LogP contribution in [-0.2, 0) is 77.5 Å². The Kier molecular flexibility index (Phi) is 19.4. The van der Waals surface area contributed by atoms with E-state index >= 15 is 0 Å². The lowest BCUT2D eigenvalue weighted by Gasteiger charge is -2.44. The van der Waals surface area contributed by atoms with Crippen LogP contribution in [0.4, 0.5) is 0 Å². The Bertz CT molecular complexity index is 2650. The van der Waals surface area contributed by atoms with Crippen molar-refractivity contribution in [1.29, 1.82) is 0 Å². The van der Waals surface area contributed by atoms with Crippen molar-refractivity contribution < 1.29 is 48.1 Å². The molecule has 9 rings (SSSR count). The lowest BCUT2D eigenvalue weighted by Crippen LogP contribution is -2.60. The fourth-order valence-electron chi connectivity index (χ4n) is 9.10. The smallest absolute Gasteiger partial charge is 0.147 e. The van der Waals surface area contributed by atoms with Crippen molar-refractivity contribution in [1.82, 2.24) is 0 Å². The first-order valence-corrected chi connectivity index (χ1v) is 25.2. The van der Waals surface area contributed by atoms with E-state index < -0.39 is 61.0 Å². The van der Waals surface area contributed by atoms with Gasteiger partial charge in [0.25, 0.3) is 0 Å². The third-order valence-electron chi connectivity index (χ3n) is 13.0. The summed E-state index contributed by atoms with van der Waals surface area (Å²) in [7, 11) is 0. The fraction of sp³-hybridized carbons (Fsp3) is 0.281. The fourth-order valence-corrected chi connectivity index (χ4v) is 9.10. The van der Waals surface area contributed by atoms with E-state index in [4.69, 9.17) is 37.9 Å². The van der Waals surface area contributed by atoms with Gasteiger partial charge in [0.15, 0.2) is 0 Å². The zero-order chi connectivity index (χ0) is 50.6. The number of hydrogen-bond acceptors (Lipinski definition) is 10. The highest BCUT2D eigenvalue weighted by atomic mass is 16.6. The summed E-state index contributed by atoms with van der Waals surface area (Å²) in [6.07, 6.45) is -7.59. The summed E-state index contributed by atoms with van der Waals surface area (Å²) < 4.78 is 53.8. The van der Waals surface area contributed by atoms with E-state index in [1.807, 2.05) is 206 Å². The molecule has 7 aromatic rings. The van der Waals surface area contributed by atoms with Gasteiger partial charge in [-0.05, 0) is 45.5 Å². The standard InChI is InChI=1S/C64H62O10/c65-39-57-61(69-43-49-25-11-3-12-26-49)63(71-45-51-29-15-5-16-30-51)59(67-41-47-21-7-1-8-22-47)55(73-57)37-35-53-33-19-20-34-54(53)36-38-56-60(68-42-48-23-9-2-10-24-48)64(72-46-52-31-17-6-18-32-52)62(58(40-66)74-56)70-44-50-27-13-4-14-28-50/h1-34,55-66H,39-46H2/t55-,56-,57+,58+,59-,60-,61+,62+,63+,64+/m0/s1. The van der Waals surface area contributed by atoms with Crippen LogP contribution >= 0.6 is 0 Å². The van der Waals surface area contributed by atoms with Crippen LogP contribution in [0.3, 0.4) is 0 Å². The summed E-state index contributed by atoms with van der Waals surface area (Å²) in [5.74, 6) is 13.5. The molecule has 0 radical (unpaired) electrons. The van der Waals surface area contributed by atoms with Crippen LogP contribution in [0.15, 0.2) is 206 Å². The molecule has 10 atom stereocenters. The highest BCUT2D eigenvalue weighted by molar-refractivity contribution is 5.51. The molecular formula is C64H62O10. The monoisotopic (exact) mass is 990 g/mol. The van der Waals surface area contributed by atoms with Gasteiger partial charge in [-0.15, -0.1) is 0 Å². The molecule has 74 heavy (non-hydrogen) atoms. The van der Waals surface area contributed by atoms with Gasteiger partial charge in [-0.25, -0.2) is 0 Å². The topological polar surface area (TPSA) is 114 Å². The normalized spacial score (nSPS) is 23.4. The van der Waals surface area contributed by atoms with Gasteiger partial charge in [0.05, 0.1) is 52.9 Å². The van der Waals surface area contributed by atoms with Crippen molar-refractivity contribution in [3.05, 3.63) is 251 Å². The largest absolute Gasteiger partial charge is 0.394 e. The van der Waals surface area contributed by atoms with E-state index in [-0.39, 0.29) is 52.9 Å². The third-order valence-corrected chi connectivity index (χ3v) is 13.0. The summed E-state index contributed by atoms with van der Waals surface area (Å²) in [6.45, 7) is 0.921. The molecule has 2 saturated heterocycles. The molecule has 0 spiro atoms. The lowest BCUT2D eigenvalue weighted by atomic mass is 9.93. The molecule has 0 saturated carbocycles. The first-order valence-electron chi connectivity index (χ1n) is 25.2. The summed E-state index contributed by atoms with van der Waals surface area (Å²) in [5.41, 5.74) is 7.09. The Morgan fingerprint density at radius 2 is 0.527 bits per heavy atom. The molecule has 2 heterocycles. The van der Waals surface area contributed by atoms with Crippen molar-refractivity contribution in [2.24, 2.45) is 0 Å². The summed E-state index contributed by atoms with van der Waals surface area (Å²) in [5, 5.41) is 21.9. The molecular weight excluding hydrogens is 929 g/mol. The maximum atomic E-state index is 10.9. The molecule has 7 aromatic carbocycles. The molecule has 0 unspecified atom stereocenters. The van der Waals surface area contributed by atoms with Crippen LogP contribution in [0.1, 0.15) is 44.5 Å². The molecule has 10 heteroatoms. The second-order valence-electron chi connectivity index (χ2n) is 18.2. The minimum absolute atomic E-state index is 0.257. The first kappa shape index (κ1) is 52.1. The van der Waals surface area contributed by atoms with Gasteiger partial charge in [0.1, 0.15) is 61.0 Å². The maximum absolute atomic E-state index is 10.9. The Morgan fingerprint density at radius 1 is 0.297 bits per heavy atom. The molecule has 2 aliphatic rings. The average molecular weight is 991 g/mol. The average Bonchev–Trinajstić information content (AvgIpc) is 3.46. The molecule has 2 fully saturated rings. The zero-order valence-electron chi connectivity index (χ0n) is 41.2. The molecule has 2 N–H and O–H groups in total. The second-order valence-corrected chi connectivity index (χ2v) is 18.2. The summed E-state index contributed by atoms with van der Waals surface area (Å²) in [4.78, 5) is 0. The van der Waals surface area contributed by atoms with E-state index in [2.05, 4.69) is 23.7 Å². The van der Waals surface area contributed by atoms with Crippen LogP contribution in [-0.4, -0.2) is 84.5 Å². The van der Waals surface area contributed by atoms with E-state index in [1.165, 1.54) is 0 Å². The quantitative estimate of drug-likeness (QED) is 0.0717. The van der Waals surface area contributed by atoms with Gasteiger partial charge in [-0.2, -0.15) is 0 Å². The molecule has 0 amide bonds.